The second-order valence-corrected chi connectivity index (χ2v) is 8.57. The third-order valence-electron chi connectivity index (χ3n) is 6.18. The second-order valence-electron chi connectivity index (χ2n) is 8.57. The van der Waals surface area contributed by atoms with Gasteiger partial charge in [0.2, 0.25) is 5.95 Å². The van der Waals surface area contributed by atoms with Crippen LogP contribution in [0.2, 0.25) is 0 Å². The molecule has 1 saturated heterocycles. The molecule has 0 radical (unpaired) electrons. The summed E-state index contributed by atoms with van der Waals surface area (Å²) < 4.78 is 10.5. The summed E-state index contributed by atoms with van der Waals surface area (Å²) in [7, 11) is 1.60. The SMILES string of the molecule is COCCNC(=O)Nc1ccc(-c2nc3c(c(N4CCOCC4)n2)CCN(c2ncccn2)C3)cc1. The topological polar surface area (TPSA) is 118 Å². The van der Waals surface area contributed by atoms with Gasteiger partial charge in [0.15, 0.2) is 5.82 Å². The van der Waals surface area contributed by atoms with Crippen LogP contribution in [0.4, 0.5) is 22.2 Å². The highest BCUT2D eigenvalue weighted by atomic mass is 16.5. The molecule has 2 aliphatic heterocycles. The molecule has 2 amide bonds. The molecule has 1 fully saturated rings. The summed E-state index contributed by atoms with van der Waals surface area (Å²) in [6, 6.07) is 9.11. The van der Waals surface area contributed by atoms with Crippen LogP contribution in [0.15, 0.2) is 42.7 Å². The average Bonchev–Trinajstić information content (AvgIpc) is 2.93. The predicted molar refractivity (Wildman–Crippen MR) is 136 cm³/mol. The van der Waals surface area contributed by atoms with E-state index in [1.807, 2.05) is 30.3 Å². The Bertz CT molecular complexity index is 1170. The van der Waals surface area contributed by atoms with Crippen molar-refractivity contribution in [1.29, 1.82) is 0 Å². The number of anilines is 3. The Hall–Kier alpha value is -3.83. The van der Waals surface area contributed by atoms with Gasteiger partial charge < -0.3 is 29.9 Å². The number of benzene rings is 1. The quantitative estimate of drug-likeness (QED) is 0.480. The maximum atomic E-state index is 12.0. The van der Waals surface area contributed by atoms with Crippen molar-refractivity contribution in [3.05, 3.63) is 54.0 Å². The van der Waals surface area contributed by atoms with Crippen LogP contribution >= 0.6 is 0 Å². The number of ether oxygens (including phenoxy) is 2. The minimum absolute atomic E-state index is 0.275. The number of nitrogens with zero attached hydrogens (tertiary/aromatic N) is 6. The number of nitrogens with one attached hydrogen (secondary N) is 2. The number of methoxy groups -OCH3 is 1. The van der Waals surface area contributed by atoms with Crippen LogP contribution < -0.4 is 20.4 Å². The summed E-state index contributed by atoms with van der Waals surface area (Å²) in [6.45, 7) is 5.30. The van der Waals surface area contributed by atoms with E-state index in [0.29, 0.717) is 50.4 Å². The first-order chi connectivity index (χ1) is 17.7. The van der Waals surface area contributed by atoms with Crippen molar-refractivity contribution in [2.75, 3.05) is 68.2 Å². The van der Waals surface area contributed by atoms with E-state index in [-0.39, 0.29) is 6.03 Å². The molecule has 0 atom stereocenters. The van der Waals surface area contributed by atoms with Gasteiger partial charge in [0, 0.05) is 62.5 Å². The Labute approximate surface area is 209 Å². The van der Waals surface area contributed by atoms with Gasteiger partial charge in [0.05, 0.1) is 32.1 Å². The van der Waals surface area contributed by atoms with Gasteiger partial charge in [-0.2, -0.15) is 0 Å². The third kappa shape index (κ3) is 5.52. The number of carbonyl (C=O) groups is 1. The lowest BCUT2D eigenvalue weighted by atomic mass is 10.0. The van der Waals surface area contributed by atoms with Gasteiger partial charge in [0.1, 0.15) is 5.82 Å². The molecular formula is C25H30N8O3. The molecule has 4 heterocycles. The van der Waals surface area contributed by atoms with E-state index in [1.54, 1.807) is 19.5 Å². The van der Waals surface area contributed by atoms with Crippen LogP contribution in [0.25, 0.3) is 11.4 Å². The van der Waals surface area contributed by atoms with E-state index in [0.717, 1.165) is 43.1 Å². The van der Waals surface area contributed by atoms with Crippen LogP contribution in [0.1, 0.15) is 11.3 Å². The molecule has 188 valence electrons. The van der Waals surface area contributed by atoms with E-state index in [9.17, 15) is 4.79 Å². The number of rotatable bonds is 7. The second kappa shape index (κ2) is 11.3. The summed E-state index contributed by atoms with van der Waals surface area (Å²) >= 11 is 0. The van der Waals surface area contributed by atoms with Gasteiger partial charge in [-0.05, 0) is 36.8 Å². The monoisotopic (exact) mass is 490 g/mol. The molecule has 5 rings (SSSR count). The van der Waals surface area contributed by atoms with Gasteiger partial charge >= 0.3 is 6.03 Å². The molecule has 2 N–H and O–H groups in total. The molecule has 11 heteroatoms. The molecule has 2 aliphatic rings. The standard InChI is InChI=1S/C25H30N8O3/c1-35-14-10-28-25(34)29-19-5-3-18(4-6-19)22-30-21-17-33(24-26-8-2-9-27-24)11-7-20(21)23(31-22)32-12-15-36-16-13-32/h2-6,8-9H,7,10-17H2,1H3,(H2,28,29,34). The van der Waals surface area contributed by atoms with Crippen molar-refractivity contribution < 1.29 is 14.3 Å². The van der Waals surface area contributed by atoms with E-state index < -0.39 is 0 Å². The van der Waals surface area contributed by atoms with Crippen LogP contribution in [0, 0.1) is 0 Å². The number of hydrogen-bond acceptors (Lipinski definition) is 9. The minimum Gasteiger partial charge on any atom is -0.383 e. The van der Waals surface area contributed by atoms with E-state index in [1.165, 1.54) is 5.56 Å². The molecule has 0 aliphatic carbocycles. The lowest BCUT2D eigenvalue weighted by Gasteiger charge is -2.34. The fourth-order valence-corrected chi connectivity index (χ4v) is 4.35. The van der Waals surface area contributed by atoms with Gasteiger partial charge in [-0.15, -0.1) is 0 Å². The maximum absolute atomic E-state index is 12.0. The summed E-state index contributed by atoms with van der Waals surface area (Å²) in [5.41, 5.74) is 3.73. The Morgan fingerprint density at radius 1 is 1.06 bits per heavy atom. The number of aromatic nitrogens is 4. The number of amides is 2. The highest BCUT2D eigenvalue weighted by Crippen LogP contribution is 2.31. The van der Waals surface area contributed by atoms with E-state index in [4.69, 9.17) is 19.4 Å². The van der Waals surface area contributed by atoms with Gasteiger partial charge in [-0.3, -0.25) is 0 Å². The first-order valence-electron chi connectivity index (χ1n) is 12.1. The fourth-order valence-electron chi connectivity index (χ4n) is 4.35. The summed E-state index contributed by atoms with van der Waals surface area (Å²) in [5.74, 6) is 2.34. The molecule has 2 aromatic heterocycles. The molecule has 0 spiro atoms. The molecule has 36 heavy (non-hydrogen) atoms. The van der Waals surface area contributed by atoms with E-state index in [2.05, 4.69) is 30.4 Å². The van der Waals surface area contributed by atoms with Crippen molar-refractivity contribution in [2.45, 2.75) is 13.0 Å². The van der Waals surface area contributed by atoms with Gasteiger partial charge in [-0.1, -0.05) is 0 Å². The van der Waals surface area contributed by atoms with Crippen molar-refractivity contribution in [3.8, 4) is 11.4 Å². The number of hydrogen-bond donors (Lipinski definition) is 2. The molecular weight excluding hydrogens is 460 g/mol. The summed E-state index contributed by atoms with van der Waals surface area (Å²) in [6.07, 6.45) is 4.34. The zero-order valence-electron chi connectivity index (χ0n) is 20.3. The van der Waals surface area contributed by atoms with Crippen LogP contribution in [-0.2, 0) is 22.4 Å². The average molecular weight is 491 g/mol. The normalized spacial score (nSPS) is 15.4. The van der Waals surface area contributed by atoms with Crippen molar-refractivity contribution >= 4 is 23.5 Å². The number of urea groups is 1. The maximum Gasteiger partial charge on any atom is 0.319 e. The smallest absolute Gasteiger partial charge is 0.319 e. The van der Waals surface area contributed by atoms with Crippen molar-refractivity contribution in [3.63, 3.8) is 0 Å². The third-order valence-corrected chi connectivity index (χ3v) is 6.18. The van der Waals surface area contributed by atoms with Crippen LogP contribution in [0.5, 0.6) is 0 Å². The highest BCUT2D eigenvalue weighted by Gasteiger charge is 2.27. The lowest BCUT2D eigenvalue weighted by Crippen LogP contribution is -2.39. The Morgan fingerprint density at radius 3 is 2.58 bits per heavy atom. The largest absolute Gasteiger partial charge is 0.383 e. The molecule has 0 bridgehead atoms. The molecule has 1 aromatic carbocycles. The van der Waals surface area contributed by atoms with Crippen molar-refractivity contribution in [1.82, 2.24) is 25.3 Å². The van der Waals surface area contributed by atoms with E-state index >= 15 is 0 Å². The Morgan fingerprint density at radius 2 is 1.83 bits per heavy atom. The zero-order valence-corrected chi connectivity index (χ0v) is 20.3. The summed E-state index contributed by atoms with van der Waals surface area (Å²) in [5, 5.41) is 5.57. The minimum atomic E-state index is -0.275. The summed E-state index contributed by atoms with van der Waals surface area (Å²) in [4.78, 5) is 35.3. The van der Waals surface area contributed by atoms with Gasteiger partial charge in [-0.25, -0.2) is 24.7 Å². The highest BCUT2D eigenvalue weighted by molar-refractivity contribution is 5.89. The first kappa shape index (κ1) is 23.9. The fraction of sp³-hybridized carbons (Fsp3) is 0.400. The Kier molecular flexibility index (Phi) is 7.48. The molecule has 11 nitrogen and oxygen atoms in total. The van der Waals surface area contributed by atoms with Crippen LogP contribution in [-0.4, -0.2) is 79.1 Å². The Balaban J connectivity index is 1.41. The zero-order chi connectivity index (χ0) is 24.7. The molecule has 3 aromatic rings. The van der Waals surface area contributed by atoms with Crippen molar-refractivity contribution in [2.24, 2.45) is 0 Å². The lowest BCUT2D eigenvalue weighted by molar-refractivity contribution is 0.122. The van der Waals surface area contributed by atoms with Crippen LogP contribution in [0.3, 0.4) is 0 Å². The first-order valence-corrected chi connectivity index (χ1v) is 12.1. The predicted octanol–water partition coefficient (Wildman–Crippen LogP) is 2.10. The van der Waals surface area contributed by atoms with Gasteiger partial charge in [0.25, 0.3) is 0 Å². The number of carbonyl (C=O) groups excluding carboxylic acids is 1. The molecule has 0 saturated carbocycles. The molecule has 0 unspecified atom stereocenters. The number of morpholine rings is 1. The number of fused-ring (bicyclic) bond motifs is 1.